The van der Waals surface area contributed by atoms with Crippen LogP contribution in [-0.4, -0.2) is 51.8 Å². The Morgan fingerprint density at radius 3 is 2.69 bits per heavy atom. The van der Waals surface area contributed by atoms with Crippen LogP contribution in [0.1, 0.15) is 24.4 Å². The van der Waals surface area contributed by atoms with Gasteiger partial charge in [0.05, 0.1) is 17.1 Å². The molecule has 4 rings (SSSR count). The molecule has 29 heavy (non-hydrogen) atoms. The number of para-hydroxylation sites is 1. The zero-order valence-corrected chi connectivity index (χ0v) is 17.1. The monoisotopic (exact) mass is 416 g/mol. The average molecular weight is 416 g/mol. The summed E-state index contributed by atoms with van der Waals surface area (Å²) in [6.07, 6.45) is 3.08. The van der Waals surface area contributed by atoms with E-state index in [1.54, 1.807) is 18.2 Å². The molecule has 2 aromatic carbocycles. The van der Waals surface area contributed by atoms with Gasteiger partial charge in [0.1, 0.15) is 13.2 Å². The molecule has 8 heteroatoms. The van der Waals surface area contributed by atoms with Gasteiger partial charge in [-0.3, -0.25) is 9.69 Å². The fourth-order valence-corrected chi connectivity index (χ4v) is 4.77. The third kappa shape index (κ3) is 4.38. The van der Waals surface area contributed by atoms with Crippen LogP contribution in [0.5, 0.6) is 11.5 Å². The molecule has 154 valence electrons. The third-order valence-electron chi connectivity index (χ3n) is 5.22. The first-order valence-corrected chi connectivity index (χ1v) is 11.5. The van der Waals surface area contributed by atoms with Crippen LogP contribution in [-0.2, 0) is 14.6 Å². The molecular weight excluding hydrogens is 392 g/mol. The van der Waals surface area contributed by atoms with E-state index in [1.165, 1.54) is 6.07 Å². The average Bonchev–Trinajstić information content (AvgIpc) is 3.15. The van der Waals surface area contributed by atoms with E-state index in [1.807, 2.05) is 18.2 Å². The van der Waals surface area contributed by atoms with E-state index in [4.69, 9.17) is 9.47 Å². The molecule has 0 spiro atoms. The number of carbonyl (C=O) groups excluding carboxylic acids is 1. The Morgan fingerprint density at radius 1 is 1.14 bits per heavy atom. The number of likely N-dealkylation sites (tertiary alicyclic amines) is 1. The largest absolute Gasteiger partial charge is 0.486 e. The molecular formula is C21H24N2O5S. The topological polar surface area (TPSA) is 84.9 Å². The van der Waals surface area contributed by atoms with Crippen molar-refractivity contribution >= 4 is 21.4 Å². The molecule has 0 saturated carbocycles. The van der Waals surface area contributed by atoms with Gasteiger partial charge in [-0.1, -0.05) is 18.2 Å². The Morgan fingerprint density at radius 2 is 1.90 bits per heavy atom. The minimum atomic E-state index is -3.42. The van der Waals surface area contributed by atoms with Crippen LogP contribution in [0, 0.1) is 0 Å². The summed E-state index contributed by atoms with van der Waals surface area (Å²) in [7, 11) is -3.42. The number of ether oxygens (including phenoxy) is 2. The number of fused-ring (bicyclic) bond motifs is 1. The molecule has 0 aliphatic carbocycles. The van der Waals surface area contributed by atoms with Crippen molar-refractivity contribution in [1.82, 2.24) is 4.90 Å². The first-order chi connectivity index (χ1) is 13.9. The summed E-state index contributed by atoms with van der Waals surface area (Å²) in [4.78, 5) is 14.9. The van der Waals surface area contributed by atoms with Crippen LogP contribution >= 0.6 is 0 Å². The summed E-state index contributed by atoms with van der Waals surface area (Å²) < 4.78 is 35.2. The fourth-order valence-electron chi connectivity index (χ4n) is 3.93. The number of nitrogens with zero attached hydrogens (tertiary/aromatic N) is 1. The van der Waals surface area contributed by atoms with Gasteiger partial charge in [-0.25, -0.2) is 8.42 Å². The molecule has 7 nitrogen and oxygen atoms in total. The Bertz CT molecular complexity index is 1020. The predicted octanol–water partition coefficient (Wildman–Crippen LogP) is 2.64. The second-order valence-corrected chi connectivity index (χ2v) is 9.33. The molecule has 1 saturated heterocycles. The van der Waals surface area contributed by atoms with Crippen LogP contribution in [0.25, 0.3) is 0 Å². The van der Waals surface area contributed by atoms with Crippen molar-refractivity contribution < 1.29 is 22.7 Å². The number of carbonyl (C=O) groups is 1. The van der Waals surface area contributed by atoms with E-state index in [2.05, 4.69) is 10.2 Å². The minimum absolute atomic E-state index is 0.113. The summed E-state index contributed by atoms with van der Waals surface area (Å²) in [5.41, 5.74) is 1.41. The predicted molar refractivity (Wildman–Crippen MR) is 109 cm³/mol. The van der Waals surface area contributed by atoms with Gasteiger partial charge in [0.25, 0.3) is 0 Å². The van der Waals surface area contributed by atoms with Crippen molar-refractivity contribution in [2.24, 2.45) is 0 Å². The SMILES string of the molecule is CS(=O)(=O)c1ccccc1NC(=O)CN1CCC[C@H]1c1ccc2c(c1)OCCO2. The quantitative estimate of drug-likeness (QED) is 0.807. The standard InChI is InChI=1S/C21H24N2O5S/c1-29(25,26)20-7-3-2-5-16(20)22-21(24)14-23-10-4-6-17(23)15-8-9-18-19(13-15)28-12-11-27-18/h2-3,5,7-9,13,17H,4,6,10-12,14H2,1H3,(H,22,24)/t17-/m0/s1. The van der Waals surface area contributed by atoms with Gasteiger partial charge in [0, 0.05) is 12.3 Å². The van der Waals surface area contributed by atoms with E-state index in [0.29, 0.717) is 18.9 Å². The van der Waals surface area contributed by atoms with Gasteiger partial charge in [-0.05, 0) is 49.2 Å². The van der Waals surface area contributed by atoms with Gasteiger partial charge in [0.15, 0.2) is 21.3 Å². The summed E-state index contributed by atoms with van der Waals surface area (Å²) in [5, 5.41) is 2.76. The molecule has 0 aromatic heterocycles. The van der Waals surface area contributed by atoms with E-state index in [9.17, 15) is 13.2 Å². The number of benzene rings is 2. The van der Waals surface area contributed by atoms with Crippen LogP contribution in [0.15, 0.2) is 47.4 Å². The fraction of sp³-hybridized carbons (Fsp3) is 0.381. The van der Waals surface area contributed by atoms with Crippen LogP contribution in [0.2, 0.25) is 0 Å². The first kappa shape index (κ1) is 19.7. The van der Waals surface area contributed by atoms with Gasteiger partial charge < -0.3 is 14.8 Å². The number of sulfone groups is 1. The normalized spacial score (nSPS) is 19.1. The molecule has 0 radical (unpaired) electrons. The summed E-state index contributed by atoms with van der Waals surface area (Å²) in [6, 6.07) is 12.5. The second kappa shape index (κ2) is 8.04. The van der Waals surface area contributed by atoms with Gasteiger partial charge in [-0.2, -0.15) is 0 Å². The Hall–Kier alpha value is -2.58. The zero-order chi connectivity index (χ0) is 20.4. The molecule has 2 aliphatic rings. The van der Waals surface area contributed by atoms with Gasteiger partial charge >= 0.3 is 0 Å². The maximum absolute atomic E-state index is 12.7. The number of hydrogen-bond donors (Lipinski definition) is 1. The minimum Gasteiger partial charge on any atom is -0.486 e. The maximum Gasteiger partial charge on any atom is 0.238 e. The lowest BCUT2D eigenvalue weighted by Crippen LogP contribution is -2.33. The molecule has 2 aromatic rings. The van der Waals surface area contributed by atoms with Crippen LogP contribution in [0.3, 0.4) is 0 Å². The van der Waals surface area contributed by atoms with E-state index >= 15 is 0 Å². The van der Waals surface area contributed by atoms with Crippen molar-refractivity contribution in [1.29, 1.82) is 0 Å². The van der Waals surface area contributed by atoms with Crippen molar-refractivity contribution in [3.63, 3.8) is 0 Å². The van der Waals surface area contributed by atoms with Crippen molar-refractivity contribution in [3.05, 3.63) is 48.0 Å². The lowest BCUT2D eigenvalue weighted by atomic mass is 10.0. The van der Waals surface area contributed by atoms with Crippen molar-refractivity contribution in [2.75, 3.05) is 37.9 Å². The molecule has 0 unspecified atom stereocenters. The lowest BCUT2D eigenvalue weighted by Gasteiger charge is -2.26. The Balaban J connectivity index is 1.47. The highest BCUT2D eigenvalue weighted by Crippen LogP contribution is 2.38. The molecule has 1 atom stereocenters. The van der Waals surface area contributed by atoms with E-state index in [0.717, 1.165) is 42.7 Å². The first-order valence-electron chi connectivity index (χ1n) is 9.64. The number of hydrogen-bond acceptors (Lipinski definition) is 6. The van der Waals surface area contributed by atoms with Crippen molar-refractivity contribution in [2.45, 2.75) is 23.8 Å². The number of nitrogens with one attached hydrogen (secondary N) is 1. The third-order valence-corrected chi connectivity index (χ3v) is 6.38. The smallest absolute Gasteiger partial charge is 0.238 e. The van der Waals surface area contributed by atoms with Gasteiger partial charge in [0.2, 0.25) is 5.91 Å². The molecule has 1 N–H and O–H groups in total. The molecule has 1 amide bonds. The number of amides is 1. The number of rotatable bonds is 5. The second-order valence-electron chi connectivity index (χ2n) is 7.35. The molecule has 0 bridgehead atoms. The van der Waals surface area contributed by atoms with Gasteiger partial charge in [-0.15, -0.1) is 0 Å². The highest BCUT2D eigenvalue weighted by molar-refractivity contribution is 7.90. The van der Waals surface area contributed by atoms with Crippen molar-refractivity contribution in [3.8, 4) is 11.5 Å². The zero-order valence-electron chi connectivity index (χ0n) is 16.3. The number of anilines is 1. The van der Waals surface area contributed by atoms with Crippen LogP contribution < -0.4 is 14.8 Å². The molecule has 2 aliphatic heterocycles. The Kier molecular flexibility index (Phi) is 5.47. The highest BCUT2D eigenvalue weighted by Gasteiger charge is 2.29. The van der Waals surface area contributed by atoms with E-state index in [-0.39, 0.29) is 23.4 Å². The lowest BCUT2D eigenvalue weighted by molar-refractivity contribution is -0.117. The summed E-state index contributed by atoms with van der Waals surface area (Å²) >= 11 is 0. The summed E-state index contributed by atoms with van der Waals surface area (Å²) in [5.74, 6) is 1.26. The van der Waals surface area contributed by atoms with E-state index < -0.39 is 9.84 Å². The maximum atomic E-state index is 12.7. The Labute approximate surface area is 170 Å². The molecule has 2 heterocycles. The van der Waals surface area contributed by atoms with Crippen LogP contribution in [0.4, 0.5) is 5.69 Å². The highest BCUT2D eigenvalue weighted by atomic mass is 32.2. The summed E-state index contributed by atoms with van der Waals surface area (Å²) in [6.45, 7) is 2.08. The molecule has 1 fully saturated rings.